The van der Waals surface area contributed by atoms with Crippen LogP contribution in [0.4, 0.5) is 0 Å². The highest BCUT2D eigenvalue weighted by Gasteiger charge is 2.43. The van der Waals surface area contributed by atoms with Crippen LogP contribution in [0.3, 0.4) is 0 Å². The monoisotopic (exact) mass is 641 g/mol. The SMILES string of the molecule is CCCCCC[C@](C)(O)[C@@H]1Cc2c(cc3c(c2OC)/C(=C2\CCC(=O)[C@H](c4ccc5[nH]ccc5c4)C2)C(C=O)=C(C(=O)OCC)O3)O1. The lowest BCUT2D eigenvalue weighted by molar-refractivity contribution is -0.141. The van der Waals surface area contributed by atoms with Gasteiger partial charge in [0.25, 0.3) is 0 Å². The lowest BCUT2D eigenvalue weighted by atomic mass is 9.75. The number of nitrogens with one attached hydrogen (secondary N) is 1. The molecule has 3 aliphatic rings. The predicted molar refractivity (Wildman–Crippen MR) is 178 cm³/mol. The van der Waals surface area contributed by atoms with E-state index in [4.69, 9.17) is 18.9 Å². The first-order chi connectivity index (χ1) is 22.7. The van der Waals surface area contributed by atoms with Crippen LogP contribution in [0.25, 0.3) is 16.5 Å². The number of carbonyl (C=O) groups is 3. The summed E-state index contributed by atoms with van der Waals surface area (Å²) in [6.07, 6.45) is 8.17. The number of aromatic nitrogens is 1. The minimum absolute atomic E-state index is 0.0665. The fraction of sp³-hybridized carbons (Fsp3) is 0.447. The first-order valence-corrected chi connectivity index (χ1v) is 16.7. The molecular formula is C38H43NO8. The molecule has 248 valence electrons. The van der Waals surface area contributed by atoms with E-state index in [2.05, 4.69) is 11.9 Å². The number of hydrogen-bond donors (Lipinski definition) is 2. The van der Waals surface area contributed by atoms with Gasteiger partial charge in [0.1, 0.15) is 29.1 Å². The minimum atomic E-state index is -1.08. The maximum absolute atomic E-state index is 13.4. The van der Waals surface area contributed by atoms with Gasteiger partial charge in [-0.15, -0.1) is 0 Å². The molecule has 0 amide bonds. The lowest BCUT2D eigenvalue weighted by Gasteiger charge is -2.31. The zero-order valence-corrected chi connectivity index (χ0v) is 27.6. The Balaban J connectivity index is 1.46. The Morgan fingerprint density at radius 3 is 2.68 bits per heavy atom. The molecule has 2 aliphatic heterocycles. The van der Waals surface area contributed by atoms with Crippen LogP contribution in [-0.4, -0.2) is 53.6 Å². The van der Waals surface area contributed by atoms with Crippen LogP contribution in [-0.2, 0) is 25.5 Å². The average Bonchev–Trinajstić information content (AvgIpc) is 3.72. The number of allylic oxidation sites excluding steroid dienone is 3. The fourth-order valence-electron chi connectivity index (χ4n) is 7.26. The average molecular weight is 642 g/mol. The van der Waals surface area contributed by atoms with Crippen molar-refractivity contribution in [3.63, 3.8) is 0 Å². The molecule has 3 aromatic rings. The summed E-state index contributed by atoms with van der Waals surface area (Å²) in [5.41, 5.74) is 3.55. The molecule has 2 N–H and O–H groups in total. The van der Waals surface area contributed by atoms with E-state index in [1.165, 1.54) is 0 Å². The molecule has 47 heavy (non-hydrogen) atoms. The van der Waals surface area contributed by atoms with Crippen molar-refractivity contribution < 1.29 is 38.4 Å². The van der Waals surface area contributed by atoms with Crippen LogP contribution in [0.2, 0.25) is 0 Å². The highest BCUT2D eigenvalue weighted by atomic mass is 16.6. The van der Waals surface area contributed by atoms with Gasteiger partial charge in [-0.2, -0.15) is 0 Å². The maximum atomic E-state index is 13.4. The molecule has 0 bridgehead atoms. The number of hydrogen-bond acceptors (Lipinski definition) is 8. The maximum Gasteiger partial charge on any atom is 0.375 e. The van der Waals surface area contributed by atoms with Crippen molar-refractivity contribution >= 4 is 34.5 Å². The standard InChI is InChI=1S/C38H43NO8/c1-5-7-8-9-15-38(3,43)32-19-26-30(46-32)20-31-34(35(26)44-4)33(27(21-40)36(47-31)37(42)45-6-2)24-11-13-29(41)25(18-24)22-10-12-28-23(17-22)14-16-39-28/h10,12,14,16-17,20-21,25,32,39,43H,5-9,11,13,15,18-19H2,1-4H3/b33-24+/t25-,32-,38-/m0/s1. The molecule has 3 atom stereocenters. The Kier molecular flexibility index (Phi) is 9.28. The molecule has 0 saturated heterocycles. The van der Waals surface area contributed by atoms with Crippen LogP contribution < -0.4 is 14.2 Å². The molecule has 0 unspecified atom stereocenters. The predicted octanol–water partition coefficient (Wildman–Crippen LogP) is 6.90. The highest BCUT2D eigenvalue weighted by Crippen LogP contribution is 2.54. The van der Waals surface area contributed by atoms with E-state index in [0.29, 0.717) is 60.4 Å². The number of aliphatic hydroxyl groups is 1. The van der Waals surface area contributed by atoms with Crippen LogP contribution in [0.5, 0.6) is 17.2 Å². The van der Waals surface area contributed by atoms with Gasteiger partial charge in [0.2, 0.25) is 5.76 Å². The van der Waals surface area contributed by atoms with Crippen LogP contribution >= 0.6 is 0 Å². The molecule has 1 fully saturated rings. The minimum Gasteiger partial charge on any atom is -0.496 e. The number of Topliss-reactive ketones (excluding diaryl/α,β-unsaturated/α-hetero) is 1. The van der Waals surface area contributed by atoms with Crippen molar-refractivity contribution in [3.8, 4) is 17.2 Å². The van der Waals surface area contributed by atoms with Crippen LogP contribution in [0.1, 0.15) is 94.7 Å². The van der Waals surface area contributed by atoms with Crippen LogP contribution in [0, 0.1) is 0 Å². The van der Waals surface area contributed by atoms with E-state index >= 15 is 0 Å². The Morgan fingerprint density at radius 2 is 1.94 bits per heavy atom. The molecule has 3 heterocycles. The van der Waals surface area contributed by atoms with Gasteiger partial charge in [0.05, 0.1) is 30.5 Å². The van der Waals surface area contributed by atoms with E-state index in [1.54, 1.807) is 27.0 Å². The van der Waals surface area contributed by atoms with E-state index in [9.17, 15) is 19.5 Å². The third-order valence-electron chi connectivity index (χ3n) is 9.80. The van der Waals surface area contributed by atoms with Gasteiger partial charge >= 0.3 is 5.97 Å². The number of carbonyl (C=O) groups excluding carboxylic acids is 3. The summed E-state index contributed by atoms with van der Waals surface area (Å²) in [4.78, 5) is 42.7. The fourth-order valence-corrected chi connectivity index (χ4v) is 7.26. The normalized spacial score (nSPS) is 21.9. The number of H-pyrrole nitrogens is 1. The number of benzene rings is 2. The van der Waals surface area contributed by atoms with Crippen molar-refractivity contribution in [2.45, 2.75) is 96.2 Å². The van der Waals surface area contributed by atoms with E-state index < -0.39 is 23.6 Å². The largest absolute Gasteiger partial charge is 0.496 e. The second-order valence-electron chi connectivity index (χ2n) is 12.9. The quantitative estimate of drug-likeness (QED) is 0.132. The van der Waals surface area contributed by atoms with Gasteiger partial charge in [0.15, 0.2) is 6.29 Å². The molecule has 6 rings (SSSR count). The molecule has 1 aliphatic carbocycles. The Hall–Kier alpha value is -4.37. The molecule has 1 aromatic heterocycles. The third kappa shape index (κ3) is 6.09. The van der Waals surface area contributed by atoms with Crippen LogP contribution in [0.15, 0.2) is 53.4 Å². The Morgan fingerprint density at radius 1 is 1.11 bits per heavy atom. The number of fused-ring (bicyclic) bond motifs is 3. The molecule has 9 heteroatoms. The van der Waals surface area contributed by atoms with E-state index in [1.807, 2.05) is 30.5 Å². The topological polar surface area (TPSA) is 124 Å². The summed E-state index contributed by atoms with van der Waals surface area (Å²) in [6.45, 7) is 5.74. The van der Waals surface area contributed by atoms with Crippen molar-refractivity contribution in [1.29, 1.82) is 0 Å². The number of aldehydes is 1. The second kappa shape index (κ2) is 13.4. The van der Waals surface area contributed by atoms with Gasteiger partial charge in [-0.1, -0.05) is 44.2 Å². The van der Waals surface area contributed by atoms with E-state index in [0.717, 1.165) is 53.3 Å². The van der Waals surface area contributed by atoms with Gasteiger partial charge in [0, 0.05) is 47.7 Å². The molecular weight excluding hydrogens is 598 g/mol. The molecule has 1 saturated carbocycles. The second-order valence-corrected chi connectivity index (χ2v) is 12.9. The number of ether oxygens (including phenoxy) is 4. The summed E-state index contributed by atoms with van der Waals surface area (Å²) in [5, 5.41) is 12.5. The van der Waals surface area contributed by atoms with Gasteiger partial charge in [-0.3, -0.25) is 9.59 Å². The third-order valence-corrected chi connectivity index (χ3v) is 9.80. The zero-order valence-electron chi connectivity index (χ0n) is 27.6. The van der Waals surface area contributed by atoms with Crippen molar-refractivity contribution in [2.24, 2.45) is 0 Å². The lowest BCUT2D eigenvalue weighted by Crippen LogP contribution is -2.42. The Bertz CT molecular complexity index is 1780. The first kappa shape index (κ1) is 32.6. The van der Waals surface area contributed by atoms with Crippen molar-refractivity contribution in [1.82, 2.24) is 4.98 Å². The summed E-state index contributed by atoms with van der Waals surface area (Å²) >= 11 is 0. The van der Waals surface area contributed by atoms with E-state index in [-0.39, 0.29) is 30.1 Å². The van der Waals surface area contributed by atoms with Crippen molar-refractivity contribution in [3.05, 3.63) is 70.1 Å². The molecule has 9 nitrogen and oxygen atoms in total. The number of aromatic amines is 1. The summed E-state index contributed by atoms with van der Waals surface area (Å²) in [6, 6.07) is 9.65. The van der Waals surface area contributed by atoms with Crippen molar-refractivity contribution in [2.75, 3.05) is 13.7 Å². The molecule has 0 spiro atoms. The summed E-state index contributed by atoms with van der Waals surface area (Å²) in [7, 11) is 1.55. The smallest absolute Gasteiger partial charge is 0.375 e. The Labute approximate surface area is 274 Å². The number of methoxy groups -OCH3 is 1. The molecule has 2 aromatic carbocycles. The summed E-state index contributed by atoms with van der Waals surface area (Å²) < 4.78 is 23.9. The zero-order chi connectivity index (χ0) is 33.3. The number of ketones is 1. The molecule has 0 radical (unpaired) electrons. The first-order valence-electron chi connectivity index (χ1n) is 16.7. The number of esters is 1. The summed E-state index contributed by atoms with van der Waals surface area (Å²) in [5.74, 6) is -0.00993. The highest BCUT2D eigenvalue weighted by molar-refractivity contribution is 6.10. The van der Waals surface area contributed by atoms with Gasteiger partial charge < -0.3 is 29.0 Å². The number of rotatable bonds is 11. The van der Waals surface area contributed by atoms with Gasteiger partial charge in [-0.05, 0) is 62.3 Å². The number of unbranched alkanes of at least 4 members (excludes halogenated alkanes) is 3. The van der Waals surface area contributed by atoms with Gasteiger partial charge in [-0.25, -0.2) is 4.79 Å².